The van der Waals surface area contributed by atoms with Crippen LogP contribution in [0.3, 0.4) is 0 Å². The minimum atomic E-state index is -1.73. The summed E-state index contributed by atoms with van der Waals surface area (Å²) in [4.78, 5) is 23.1. The van der Waals surface area contributed by atoms with Gasteiger partial charge in [0.15, 0.2) is 0 Å². The van der Waals surface area contributed by atoms with E-state index < -0.39 is 22.0 Å². The summed E-state index contributed by atoms with van der Waals surface area (Å²) in [5.41, 5.74) is -0.0540. The Morgan fingerprint density at radius 1 is 1.45 bits per heavy atom. The van der Waals surface area contributed by atoms with Crippen molar-refractivity contribution in [3.05, 3.63) is 28.2 Å². The molecule has 0 bridgehead atoms. The van der Waals surface area contributed by atoms with Gasteiger partial charge in [-0.05, 0) is 31.5 Å². The fourth-order valence-electron chi connectivity index (χ4n) is 1.52. The van der Waals surface area contributed by atoms with Crippen LogP contribution in [0.1, 0.15) is 30.6 Å². The lowest BCUT2D eigenvalue weighted by Gasteiger charge is -2.13. The Kier molecular flexibility index (Phi) is 6.35. The number of halogens is 1. The fraction of sp³-hybridized carbons (Fsp3) is 0.385. The van der Waals surface area contributed by atoms with E-state index in [2.05, 4.69) is 21.2 Å². The summed E-state index contributed by atoms with van der Waals surface area (Å²) < 4.78 is 13.0. The Labute approximate surface area is 128 Å². The lowest BCUT2D eigenvalue weighted by Crippen LogP contribution is -2.36. The normalized spacial score (nSPS) is 13.6. The Morgan fingerprint density at radius 2 is 2.10 bits per heavy atom. The van der Waals surface area contributed by atoms with Gasteiger partial charge in [0.2, 0.25) is 5.91 Å². The number of rotatable bonds is 6. The van der Waals surface area contributed by atoms with Crippen LogP contribution in [0, 0.1) is 0 Å². The summed E-state index contributed by atoms with van der Waals surface area (Å²) >= 11 is 3.21. The lowest BCUT2D eigenvalue weighted by molar-refractivity contribution is -0.120. The quantitative estimate of drug-likeness (QED) is 0.813. The van der Waals surface area contributed by atoms with Crippen LogP contribution in [0.15, 0.2) is 27.6 Å². The van der Waals surface area contributed by atoms with E-state index >= 15 is 0 Å². The highest BCUT2D eigenvalue weighted by Crippen LogP contribution is 2.22. The zero-order valence-electron chi connectivity index (χ0n) is 11.2. The molecule has 0 spiro atoms. The summed E-state index contributed by atoms with van der Waals surface area (Å²) in [6.45, 7) is 3.94. The van der Waals surface area contributed by atoms with Crippen molar-refractivity contribution in [2.45, 2.75) is 30.4 Å². The van der Waals surface area contributed by atoms with Crippen LogP contribution in [0.25, 0.3) is 0 Å². The van der Waals surface area contributed by atoms with Crippen LogP contribution in [-0.4, -0.2) is 33.0 Å². The van der Waals surface area contributed by atoms with Gasteiger partial charge in [0, 0.05) is 11.0 Å². The first-order valence-electron chi connectivity index (χ1n) is 6.09. The van der Waals surface area contributed by atoms with Crippen molar-refractivity contribution in [2.75, 3.05) is 6.54 Å². The Bertz CT molecular complexity index is 547. The molecular formula is C13H16BrNO4S. The molecule has 7 heteroatoms. The molecule has 2 N–H and O–H groups in total. The van der Waals surface area contributed by atoms with E-state index in [-0.39, 0.29) is 16.4 Å². The molecule has 5 nitrogen and oxygen atoms in total. The highest BCUT2D eigenvalue weighted by Gasteiger charge is 2.25. The van der Waals surface area contributed by atoms with Gasteiger partial charge in [-0.2, -0.15) is 0 Å². The predicted molar refractivity (Wildman–Crippen MR) is 80.3 cm³/mol. The van der Waals surface area contributed by atoms with Crippen molar-refractivity contribution in [3.8, 4) is 0 Å². The Balaban J connectivity index is 3.05. The van der Waals surface area contributed by atoms with Crippen LogP contribution < -0.4 is 5.32 Å². The number of hydrogen-bond acceptors (Lipinski definition) is 3. The van der Waals surface area contributed by atoms with Gasteiger partial charge in [0.05, 0.1) is 21.3 Å². The molecule has 2 atom stereocenters. The van der Waals surface area contributed by atoms with Crippen LogP contribution in [-0.2, 0) is 15.6 Å². The average Bonchev–Trinajstić information content (AvgIpc) is 2.42. The highest BCUT2D eigenvalue weighted by atomic mass is 79.9. The topological polar surface area (TPSA) is 83.5 Å². The maximum absolute atomic E-state index is 12.4. The first kappa shape index (κ1) is 16.8. The number of carbonyl (C=O) groups excluding carboxylic acids is 1. The number of nitrogens with one attached hydrogen (secondary N) is 1. The second kappa shape index (κ2) is 7.54. The standard InChI is InChI=1S/C13H16BrNO4S/c1-3-6-15-12(16)8(2)20(19)11-7-9(14)4-5-10(11)13(17)18/h4-5,7-8H,3,6H2,1-2H3,(H,15,16)(H,17,18). The van der Waals surface area contributed by atoms with Gasteiger partial charge < -0.3 is 10.4 Å². The van der Waals surface area contributed by atoms with E-state index in [9.17, 15) is 13.8 Å². The fourth-order valence-corrected chi connectivity index (χ4v) is 3.31. The molecule has 20 heavy (non-hydrogen) atoms. The summed E-state index contributed by atoms with van der Waals surface area (Å²) in [6, 6.07) is 4.41. The Hall–Kier alpha value is -1.21. The van der Waals surface area contributed by atoms with Crippen molar-refractivity contribution < 1.29 is 18.9 Å². The molecule has 0 fully saturated rings. The molecule has 1 aromatic rings. The third-order valence-corrected chi connectivity index (χ3v) is 4.75. The van der Waals surface area contributed by atoms with Gasteiger partial charge in [-0.1, -0.05) is 22.9 Å². The van der Waals surface area contributed by atoms with Crippen LogP contribution in [0.5, 0.6) is 0 Å². The van der Waals surface area contributed by atoms with E-state index in [4.69, 9.17) is 5.11 Å². The van der Waals surface area contributed by atoms with E-state index in [0.29, 0.717) is 11.0 Å². The third kappa shape index (κ3) is 4.14. The molecule has 0 aromatic heterocycles. The minimum Gasteiger partial charge on any atom is -0.478 e. The summed E-state index contributed by atoms with van der Waals surface area (Å²) in [7, 11) is -1.73. The van der Waals surface area contributed by atoms with Crippen LogP contribution >= 0.6 is 15.9 Å². The maximum Gasteiger partial charge on any atom is 0.336 e. The smallest absolute Gasteiger partial charge is 0.336 e. The molecule has 0 aliphatic heterocycles. The van der Waals surface area contributed by atoms with Gasteiger partial charge in [0.25, 0.3) is 0 Å². The highest BCUT2D eigenvalue weighted by molar-refractivity contribution is 9.10. The van der Waals surface area contributed by atoms with E-state index in [0.717, 1.165) is 6.42 Å². The van der Waals surface area contributed by atoms with Crippen molar-refractivity contribution in [3.63, 3.8) is 0 Å². The number of aromatic carboxylic acids is 1. The van der Waals surface area contributed by atoms with Crippen molar-refractivity contribution in [2.24, 2.45) is 0 Å². The first-order valence-corrected chi connectivity index (χ1v) is 8.10. The van der Waals surface area contributed by atoms with Gasteiger partial charge in [-0.15, -0.1) is 0 Å². The van der Waals surface area contributed by atoms with E-state index in [1.165, 1.54) is 19.1 Å². The number of benzene rings is 1. The van der Waals surface area contributed by atoms with E-state index in [1.807, 2.05) is 6.92 Å². The average molecular weight is 362 g/mol. The summed E-state index contributed by atoms with van der Waals surface area (Å²) in [6.07, 6.45) is 0.780. The second-order valence-electron chi connectivity index (χ2n) is 4.18. The molecule has 0 heterocycles. The van der Waals surface area contributed by atoms with Gasteiger partial charge in [0.1, 0.15) is 5.25 Å². The maximum atomic E-state index is 12.4. The number of carboxylic acids is 1. The molecular weight excluding hydrogens is 346 g/mol. The van der Waals surface area contributed by atoms with Crippen molar-refractivity contribution in [1.29, 1.82) is 0 Å². The molecule has 0 radical (unpaired) electrons. The molecule has 1 rings (SSSR count). The van der Waals surface area contributed by atoms with Crippen molar-refractivity contribution in [1.82, 2.24) is 5.32 Å². The van der Waals surface area contributed by atoms with Gasteiger partial charge in [-0.25, -0.2) is 4.79 Å². The number of carboxylic acid groups (broad SMARTS) is 1. The largest absolute Gasteiger partial charge is 0.478 e. The molecule has 110 valence electrons. The first-order chi connectivity index (χ1) is 9.38. The number of hydrogen-bond donors (Lipinski definition) is 2. The van der Waals surface area contributed by atoms with Crippen LogP contribution in [0.2, 0.25) is 0 Å². The zero-order chi connectivity index (χ0) is 15.3. The molecule has 0 aliphatic carbocycles. The second-order valence-corrected chi connectivity index (χ2v) is 6.83. The lowest BCUT2D eigenvalue weighted by atomic mass is 10.2. The summed E-state index contributed by atoms with van der Waals surface area (Å²) in [5, 5.41) is 11.0. The van der Waals surface area contributed by atoms with E-state index in [1.54, 1.807) is 6.07 Å². The molecule has 1 aromatic carbocycles. The zero-order valence-corrected chi connectivity index (χ0v) is 13.6. The van der Waals surface area contributed by atoms with Gasteiger partial charge in [-0.3, -0.25) is 9.00 Å². The Morgan fingerprint density at radius 3 is 2.65 bits per heavy atom. The van der Waals surface area contributed by atoms with Crippen LogP contribution in [0.4, 0.5) is 0 Å². The molecule has 0 aliphatic rings. The molecule has 0 saturated carbocycles. The summed E-state index contributed by atoms with van der Waals surface area (Å²) in [5.74, 6) is -1.51. The van der Waals surface area contributed by atoms with Gasteiger partial charge >= 0.3 is 5.97 Å². The molecule has 2 unspecified atom stereocenters. The molecule has 1 amide bonds. The third-order valence-electron chi connectivity index (χ3n) is 2.63. The predicted octanol–water partition coefficient (Wildman–Crippen LogP) is 2.17. The molecule has 0 saturated heterocycles. The number of carbonyl (C=O) groups is 2. The monoisotopic (exact) mass is 361 g/mol. The van der Waals surface area contributed by atoms with Crippen molar-refractivity contribution >= 4 is 38.6 Å². The SMILES string of the molecule is CCCNC(=O)C(C)S(=O)c1cc(Br)ccc1C(=O)O. The number of amides is 1. The minimum absolute atomic E-state index is 0.0540.